The van der Waals surface area contributed by atoms with Gasteiger partial charge in [0, 0.05) is 23.3 Å². The molecule has 0 saturated heterocycles. The van der Waals surface area contributed by atoms with E-state index in [0.29, 0.717) is 27.7 Å². The third kappa shape index (κ3) is 4.70. The summed E-state index contributed by atoms with van der Waals surface area (Å²) in [7, 11) is -0.711. The third-order valence-corrected chi connectivity index (χ3v) is 6.36. The SMILES string of the molecule is COc1ccc(NC(=O)c2ccc(N(C)S(=O)(=O)c3ccc(Cl)cc3)cc2)cc1. The second-order valence-corrected chi connectivity index (χ2v) is 8.56. The van der Waals surface area contributed by atoms with Gasteiger partial charge in [-0.25, -0.2) is 8.42 Å². The number of hydrogen-bond acceptors (Lipinski definition) is 4. The lowest BCUT2D eigenvalue weighted by Crippen LogP contribution is -2.26. The van der Waals surface area contributed by atoms with E-state index < -0.39 is 10.0 Å². The van der Waals surface area contributed by atoms with E-state index in [-0.39, 0.29) is 10.8 Å². The van der Waals surface area contributed by atoms with Crippen molar-refractivity contribution in [1.29, 1.82) is 0 Å². The predicted octanol–water partition coefficient (Wildman–Crippen LogP) is 4.43. The molecule has 3 rings (SSSR count). The first-order valence-corrected chi connectivity index (χ1v) is 10.4. The number of nitrogens with zero attached hydrogens (tertiary/aromatic N) is 1. The molecule has 0 heterocycles. The maximum absolute atomic E-state index is 12.7. The summed E-state index contributed by atoms with van der Waals surface area (Å²) in [5.74, 6) is 0.391. The highest BCUT2D eigenvalue weighted by molar-refractivity contribution is 7.92. The van der Waals surface area contributed by atoms with Gasteiger partial charge in [-0.2, -0.15) is 0 Å². The van der Waals surface area contributed by atoms with Crippen LogP contribution in [0.3, 0.4) is 0 Å². The second-order valence-electron chi connectivity index (χ2n) is 6.16. The summed E-state index contributed by atoms with van der Waals surface area (Å²) in [6, 6.07) is 19.2. The molecule has 0 aromatic heterocycles. The van der Waals surface area contributed by atoms with Crippen molar-refractivity contribution < 1.29 is 17.9 Å². The molecular weight excluding hydrogens is 412 g/mol. The van der Waals surface area contributed by atoms with Crippen LogP contribution in [0.4, 0.5) is 11.4 Å². The Morgan fingerprint density at radius 3 is 2.07 bits per heavy atom. The zero-order valence-electron chi connectivity index (χ0n) is 15.8. The number of sulfonamides is 1. The highest BCUT2D eigenvalue weighted by Crippen LogP contribution is 2.24. The van der Waals surface area contributed by atoms with Crippen LogP contribution >= 0.6 is 11.6 Å². The molecule has 150 valence electrons. The minimum absolute atomic E-state index is 0.130. The van der Waals surface area contributed by atoms with Crippen molar-refractivity contribution in [3.05, 3.63) is 83.4 Å². The molecule has 0 aliphatic heterocycles. The van der Waals surface area contributed by atoms with Gasteiger partial charge in [-0.1, -0.05) is 11.6 Å². The van der Waals surface area contributed by atoms with Gasteiger partial charge in [0.25, 0.3) is 15.9 Å². The summed E-state index contributed by atoms with van der Waals surface area (Å²) < 4.78 is 31.7. The Morgan fingerprint density at radius 1 is 0.931 bits per heavy atom. The Hall–Kier alpha value is -3.03. The van der Waals surface area contributed by atoms with Gasteiger partial charge in [0.15, 0.2) is 0 Å². The molecule has 1 N–H and O–H groups in total. The number of benzene rings is 3. The van der Waals surface area contributed by atoms with E-state index >= 15 is 0 Å². The first-order valence-electron chi connectivity index (χ1n) is 8.61. The average molecular weight is 431 g/mol. The van der Waals surface area contributed by atoms with Gasteiger partial charge in [0.2, 0.25) is 0 Å². The molecule has 0 aliphatic carbocycles. The standard InChI is InChI=1S/C21H19ClN2O4S/c1-24(29(26,27)20-13-5-16(22)6-14-20)18-9-3-15(4-10-18)21(25)23-17-7-11-19(28-2)12-8-17/h3-14H,1-2H3,(H,23,25). The zero-order chi connectivity index (χ0) is 21.0. The molecule has 1 amide bonds. The number of ether oxygens (including phenoxy) is 1. The first kappa shape index (κ1) is 20.7. The lowest BCUT2D eigenvalue weighted by molar-refractivity contribution is 0.102. The maximum Gasteiger partial charge on any atom is 0.264 e. The van der Waals surface area contributed by atoms with Crippen molar-refractivity contribution in [2.24, 2.45) is 0 Å². The highest BCUT2D eigenvalue weighted by atomic mass is 35.5. The fourth-order valence-corrected chi connectivity index (χ4v) is 3.93. The van der Waals surface area contributed by atoms with E-state index in [2.05, 4.69) is 5.32 Å². The van der Waals surface area contributed by atoms with Gasteiger partial charge in [-0.3, -0.25) is 9.10 Å². The van der Waals surface area contributed by atoms with Crippen LogP contribution in [0.5, 0.6) is 5.75 Å². The van der Waals surface area contributed by atoms with Crippen molar-refractivity contribution >= 4 is 38.9 Å². The Labute approximate surface area is 174 Å². The van der Waals surface area contributed by atoms with Gasteiger partial charge in [0.1, 0.15) is 5.75 Å². The molecule has 3 aromatic carbocycles. The van der Waals surface area contributed by atoms with Crippen LogP contribution in [0.2, 0.25) is 5.02 Å². The normalized spacial score (nSPS) is 11.0. The molecule has 6 nitrogen and oxygen atoms in total. The van der Waals surface area contributed by atoms with Crippen molar-refractivity contribution in [2.45, 2.75) is 4.90 Å². The monoisotopic (exact) mass is 430 g/mol. The number of hydrogen-bond donors (Lipinski definition) is 1. The van der Waals surface area contributed by atoms with Crippen LogP contribution in [0.15, 0.2) is 77.7 Å². The molecule has 8 heteroatoms. The number of rotatable bonds is 6. The molecule has 0 radical (unpaired) electrons. The molecule has 29 heavy (non-hydrogen) atoms. The zero-order valence-corrected chi connectivity index (χ0v) is 17.4. The van der Waals surface area contributed by atoms with Crippen molar-refractivity contribution in [3.63, 3.8) is 0 Å². The van der Waals surface area contributed by atoms with Gasteiger partial charge >= 0.3 is 0 Å². The van der Waals surface area contributed by atoms with Gasteiger partial charge in [-0.05, 0) is 72.8 Å². The second kappa shape index (κ2) is 8.55. The number of amides is 1. The lowest BCUT2D eigenvalue weighted by atomic mass is 10.2. The molecule has 0 saturated carbocycles. The van der Waals surface area contributed by atoms with Crippen molar-refractivity contribution in [1.82, 2.24) is 0 Å². The number of methoxy groups -OCH3 is 1. The lowest BCUT2D eigenvalue weighted by Gasteiger charge is -2.19. The van der Waals surface area contributed by atoms with Crippen LogP contribution in [0.1, 0.15) is 10.4 Å². The predicted molar refractivity (Wildman–Crippen MR) is 114 cm³/mol. The van der Waals surface area contributed by atoms with Crippen LogP contribution in [-0.2, 0) is 10.0 Å². The van der Waals surface area contributed by atoms with E-state index in [1.54, 1.807) is 55.6 Å². The number of carbonyl (C=O) groups excluding carboxylic acids is 1. The molecule has 3 aromatic rings. The summed E-state index contributed by atoms with van der Waals surface area (Å²) in [5, 5.41) is 3.24. The molecule has 0 aliphatic rings. The average Bonchev–Trinajstić information content (AvgIpc) is 2.74. The number of anilines is 2. The summed E-state index contributed by atoms with van der Waals surface area (Å²) in [5.41, 5.74) is 1.46. The van der Waals surface area contributed by atoms with E-state index in [9.17, 15) is 13.2 Å². The minimum Gasteiger partial charge on any atom is -0.497 e. The topological polar surface area (TPSA) is 75.7 Å². The largest absolute Gasteiger partial charge is 0.497 e. The van der Waals surface area contributed by atoms with Crippen molar-refractivity contribution in [2.75, 3.05) is 23.8 Å². The van der Waals surface area contributed by atoms with Crippen molar-refractivity contribution in [3.8, 4) is 5.75 Å². The first-order chi connectivity index (χ1) is 13.8. The van der Waals surface area contributed by atoms with Gasteiger partial charge < -0.3 is 10.1 Å². The fraction of sp³-hybridized carbons (Fsp3) is 0.0952. The van der Waals surface area contributed by atoms with E-state index in [1.165, 1.54) is 31.3 Å². The summed E-state index contributed by atoms with van der Waals surface area (Å²) in [6.07, 6.45) is 0. The van der Waals surface area contributed by atoms with Gasteiger partial charge in [0.05, 0.1) is 17.7 Å². The molecular formula is C21H19ClN2O4S. The quantitative estimate of drug-likeness (QED) is 0.627. The summed E-state index contributed by atoms with van der Waals surface area (Å²) in [6.45, 7) is 0. The Balaban J connectivity index is 1.74. The van der Waals surface area contributed by atoms with Crippen LogP contribution in [0, 0.1) is 0 Å². The maximum atomic E-state index is 12.7. The Bertz CT molecular complexity index is 1100. The Morgan fingerprint density at radius 2 is 1.52 bits per heavy atom. The Kier molecular flexibility index (Phi) is 6.10. The van der Waals surface area contributed by atoms with E-state index in [4.69, 9.17) is 16.3 Å². The highest BCUT2D eigenvalue weighted by Gasteiger charge is 2.21. The molecule has 0 atom stereocenters. The third-order valence-electron chi connectivity index (χ3n) is 4.31. The summed E-state index contributed by atoms with van der Waals surface area (Å²) >= 11 is 5.83. The molecule has 0 spiro atoms. The van der Waals surface area contributed by atoms with Gasteiger partial charge in [-0.15, -0.1) is 0 Å². The molecule has 0 fully saturated rings. The van der Waals surface area contributed by atoms with Crippen LogP contribution < -0.4 is 14.4 Å². The van der Waals surface area contributed by atoms with E-state index in [0.717, 1.165) is 4.31 Å². The minimum atomic E-state index is -3.73. The number of nitrogens with one attached hydrogen (secondary N) is 1. The molecule has 0 bridgehead atoms. The number of carbonyl (C=O) groups is 1. The van der Waals surface area contributed by atoms with Crippen LogP contribution in [-0.4, -0.2) is 28.5 Å². The summed E-state index contributed by atoms with van der Waals surface area (Å²) in [4.78, 5) is 12.5. The van der Waals surface area contributed by atoms with Crippen LogP contribution in [0.25, 0.3) is 0 Å². The number of halogens is 1. The fourth-order valence-electron chi connectivity index (χ4n) is 2.60. The van der Waals surface area contributed by atoms with E-state index in [1.807, 2.05) is 0 Å². The molecule has 0 unspecified atom stereocenters. The smallest absolute Gasteiger partial charge is 0.264 e.